The second kappa shape index (κ2) is 8.26. The average Bonchev–Trinajstić information content (AvgIpc) is 2.76. The summed E-state index contributed by atoms with van der Waals surface area (Å²) in [5.41, 5.74) is 1.13. The molecule has 0 atom stereocenters. The van der Waals surface area contributed by atoms with Gasteiger partial charge in [-0.05, 0) is 36.4 Å². The SMILES string of the molecule is O=C(Nc1ccccc1F)c1ccnc(N2CCN(c3ccccc3F)CC2)c1. The van der Waals surface area contributed by atoms with Crippen LogP contribution >= 0.6 is 0 Å². The van der Waals surface area contributed by atoms with Crippen molar-refractivity contribution >= 4 is 23.1 Å². The van der Waals surface area contributed by atoms with Gasteiger partial charge in [-0.25, -0.2) is 13.8 Å². The summed E-state index contributed by atoms with van der Waals surface area (Å²) >= 11 is 0. The number of carbonyl (C=O) groups excluding carboxylic acids is 1. The fourth-order valence-corrected chi connectivity index (χ4v) is 3.37. The van der Waals surface area contributed by atoms with Gasteiger partial charge in [-0.2, -0.15) is 0 Å². The zero-order valence-electron chi connectivity index (χ0n) is 15.7. The quantitative estimate of drug-likeness (QED) is 0.728. The van der Waals surface area contributed by atoms with Gasteiger partial charge in [-0.3, -0.25) is 4.79 Å². The number of hydrogen-bond donors (Lipinski definition) is 1. The van der Waals surface area contributed by atoms with E-state index in [0.717, 1.165) is 0 Å². The largest absolute Gasteiger partial charge is 0.366 e. The zero-order chi connectivity index (χ0) is 20.2. The smallest absolute Gasteiger partial charge is 0.255 e. The molecule has 2 aromatic carbocycles. The number of halogens is 2. The van der Waals surface area contributed by atoms with Crippen LogP contribution in [0.25, 0.3) is 0 Å². The molecule has 148 valence electrons. The van der Waals surface area contributed by atoms with Gasteiger partial charge in [0.25, 0.3) is 5.91 Å². The molecule has 1 saturated heterocycles. The average molecular weight is 394 g/mol. The lowest BCUT2D eigenvalue weighted by atomic mass is 10.2. The Morgan fingerprint density at radius 3 is 2.24 bits per heavy atom. The Bertz CT molecular complexity index is 1020. The predicted molar refractivity (Wildman–Crippen MR) is 109 cm³/mol. The van der Waals surface area contributed by atoms with Crippen LogP contribution in [-0.2, 0) is 0 Å². The first kappa shape index (κ1) is 18.9. The van der Waals surface area contributed by atoms with Crippen LogP contribution < -0.4 is 15.1 Å². The van der Waals surface area contributed by atoms with Crippen LogP contribution in [0.5, 0.6) is 0 Å². The minimum absolute atomic E-state index is 0.134. The maximum atomic E-state index is 14.0. The van der Waals surface area contributed by atoms with E-state index in [1.54, 1.807) is 42.6 Å². The van der Waals surface area contributed by atoms with Gasteiger partial charge in [0.2, 0.25) is 0 Å². The summed E-state index contributed by atoms with van der Waals surface area (Å²) in [6.45, 7) is 2.60. The number of hydrogen-bond acceptors (Lipinski definition) is 4. The van der Waals surface area contributed by atoms with Crippen molar-refractivity contribution in [3.8, 4) is 0 Å². The maximum absolute atomic E-state index is 14.0. The predicted octanol–water partition coefficient (Wildman–Crippen LogP) is 3.94. The number of benzene rings is 2. The summed E-state index contributed by atoms with van der Waals surface area (Å²) < 4.78 is 27.8. The first-order chi connectivity index (χ1) is 14.1. The summed E-state index contributed by atoms with van der Waals surface area (Å²) in [7, 11) is 0. The van der Waals surface area contributed by atoms with E-state index >= 15 is 0 Å². The summed E-state index contributed by atoms with van der Waals surface area (Å²) in [5.74, 6) is -0.451. The highest BCUT2D eigenvalue weighted by atomic mass is 19.1. The number of aromatic nitrogens is 1. The van der Waals surface area contributed by atoms with Gasteiger partial charge in [0.1, 0.15) is 17.5 Å². The third kappa shape index (κ3) is 4.18. The molecule has 2 heterocycles. The second-order valence-corrected chi connectivity index (χ2v) is 6.76. The summed E-state index contributed by atoms with van der Waals surface area (Å²) in [5, 5.41) is 2.58. The molecule has 7 heteroatoms. The van der Waals surface area contributed by atoms with E-state index in [9.17, 15) is 13.6 Å². The van der Waals surface area contributed by atoms with Crippen LogP contribution in [0, 0.1) is 11.6 Å². The molecule has 0 unspecified atom stereocenters. The highest BCUT2D eigenvalue weighted by molar-refractivity contribution is 6.04. The molecule has 1 aliphatic heterocycles. The van der Waals surface area contributed by atoms with E-state index in [1.165, 1.54) is 18.2 Å². The summed E-state index contributed by atoms with van der Waals surface area (Å²) in [6, 6.07) is 16.0. The number of piperazine rings is 1. The van der Waals surface area contributed by atoms with Gasteiger partial charge in [0.15, 0.2) is 0 Å². The van der Waals surface area contributed by atoms with Crippen molar-refractivity contribution in [2.75, 3.05) is 41.3 Å². The van der Waals surface area contributed by atoms with Crippen molar-refractivity contribution in [2.45, 2.75) is 0 Å². The Kier molecular flexibility index (Phi) is 5.37. The number of amides is 1. The topological polar surface area (TPSA) is 48.5 Å². The number of rotatable bonds is 4. The molecule has 1 N–H and O–H groups in total. The molecule has 5 nitrogen and oxygen atoms in total. The lowest BCUT2D eigenvalue weighted by Gasteiger charge is -2.36. The third-order valence-electron chi connectivity index (χ3n) is 4.93. The van der Waals surface area contributed by atoms with Gasteiger partial charge in [-0.1, -0.05) is 24.3 Å². The molecule has 3 aromatic rings. The van der Waals surface area contributed by atoms with Gasteiger partial charge < -0.3 is 15.1 Å². The van der Waals surface area contributed by atoms with E-state index in [1.807, 2.05) is 11.0 Å². The first-order valence-corrected chi connectivity index (χ1v) is 9.38. The molecule has 0 aliphatic carbocycles. The fourth-order valence-electron chi connectivity index (χ4n) is 3.37. The number of nitrogens with one attached hydrogen (secondary N) is 1. The molecular formula is C22H20F2N4O. The molecular weight excluding hydrogens is 374 g/mol. The van der Waals surface area contributed by atoms with Crippen LogP contribution in [0.2, 0.25) is 0 Å². The molecule has 1 aliphatic rings. The normalized spacial score (nSPS) is 14.0. The molecule has 0 saturated carbocycles. The third-order valence-corrected chi connectivity index (χ3v) is 4.93. The fraction of sp³-hybridized carbons (Fsp3) is 0.182. The van der Waals surface area contributed by atoms with Crippen LogP contribution in [0.15, 0.2) is 66.9 Å². The monoisotopic (exact) mass is 394 g/mol. The number of pyridine rings is 1. The highest BCUT2D eigenvalue weighted by Crippen LogP contribution is 2.23. The van der Waals surface area contributed by atoms with Gasteiger partial charge in [0.05, 0.1) is 11.4 Å². The molecule has 29 heavy (non-hydrogen) atoms. The van der Waals surface area contributed by atoms with E-state index in [-0.39, 0.29) is 11.5 Å². The van der Waals surface area contributed by atoms with Crippen molar-refractivity contribution in [1.29, 1.82) is 0 Å². The lowest BCUT2D eigenvalue weighted by Crippen LogP contribution is -2.47. The van der Waals surface area contributed by atoms with Crippen molar-refractivity contribution in [3.05, 3.63) is 84.1 Å². The lowest BCUT2D eigenvalue weighted by molar-refractivity contribution is 0.102. The zero-order valence-corrected chi connectivity index (χ0v) is 15.7. The Morgan fingerprint density at radius 1 is 0.862 bits per heavy atom. The Balaban J connectivity index is 1.44. The van der Waals surface area contributed by atoms with Crippen LogP contribution in [-0.4, -0.2) is 37.1 Å². The number of carbonyl (C=O) groups is 1. The second-order valence-electron chi connectivity index (χ2n) is 6.76. The van der Waals surface area contributed by atoms with Gasteiger partial charge >= 0.3 is 0 Å². The molecule has 1 fully saturated rings. The molecule has 0 radical (unpaired) electrons. The van der Waals surface area contributed by atoms with Crippen LogP contribution in [0.3, 0.4) is 0 Å². The maximum Gasteiger partial charge on any atom is 0.255 e. The first-order valence-electron chi connectivity index (χ1n) is 9.38. The van der Waals surface area contributed by atoms with Crippen molar-refractivity contribution in [3.63, 3.8) is 0 Å². The molecule has 1 amide bonds. The molecule has 1 aromatic heterocycles. The standard InChI is InChI=1S/C22H20F2N4O/c23-17-5-1-3-7-19(17)26-22(29)16-9-10-25-21(15-16)28-13-11-27(12-14-28)20-8-4-2-6-18(20)24/h1-10,15H,11-14H2,(H,26,29). The van der Waals surface area contributed by atoms with Crippen LogP contribution in [0.1, 0.15) is 10.4 Å². The number of para-hydroxylation sites is 2. The summed E-state index contributed by atoms with van der Waals surface area (Å²) in [4.78, 5) is 20.9. The molecule has 4 rings (SSSR count). The van der Waals surface area contributed by atoms with Crippen molar-refractivity contribution in [2.24, 2.45) is 0 Å². The van der Waals surface area contributed by atoms with Crippen LogP contribution in [0.4, 0.5) is 26.0 Å². The molecule has 0 bridgehead atoms. The Labute approximate surface area is 167 Å². The van der Waals surface area contributed by atoms with Gasteiger partial charge in [-0.15, -0.1) is 0 Å². The number of anilines is 3. The summed E-state index contributed by atoms with van der Waals surface area (Å²) in [6.07, 6.45) is 1.56. The van der Waals surface area contributed by atoms with Gasteiger partial charge in [0, 0.05) is 37.9 Å². The van der Waals surface area contributed by atoms with E-state index in [2.05, 4.69) is 15.2 Å². The number of nitrogens with zero attached hydrogens (tertiary/aromatic N) is 3. The molecule has 0 spiro atoms. The Hall–Kier alpha value is -3.48. The van der Waals surface area contributed by atoms with Crippen molar-refractivity contribution in [1.82, 2.24) is 4.98 Å². The van der Waals surface area contributed by atoms with E-state index < -0.39 is 11.7 Å². The van der Waals surface area contributed by atoms with E-state index in [4.69, 9.17) is 0 Å². The van der Waals surface area contributed by atoms with Crippen molar-refractivity contribution < 1.29 is 13.6 Å². The minimum Gasteiger partial charge on any atom is -0.366 e. The van der Waals surface area contributed by atoms with E-state index in [0.29, 0.717) is 43.2 Å². The minimum atomic E-state index is -0.487. The Morgan fingerprint density at radius 2 is 1.52 bits per heavy atom. The highest BCUT2D eigenvalue weighted by Gasteiger charge is 2.21.